The average Bonchev–Trinajstić information content (AvgIpc) is 2.99. The molecule has 2 nitrogen and oxygen atoms in total. The van der Waals surface area contributed by atoms with Crippen LogP contribution < -0.4 is 5.32 Å². The van der Waals surface area contributed by atoms with Crippen molar-refractivity contribution in [1.82, 2.24) is 0 Å². The van der Waals surface area contributed by atoms with Gasteiger partial charge in [-0.25, -0.2) is 0 Å². The maximum atomic E-state index is 13.0. The van der Waals surface area contributed by atoms with Gasteiger partial charge in [0.25, 0.3) is 0 Å². The molecule has 0 heterocycles. The summed E-state index contributed by atoms with van der Waals surface area (Å²) in [5.41, 5.74) is 5.50. The summed E-state index contributed by atoms with van der Waals surface area (Å²) in [5, 5.41) is 3.27. The minimum Gasteiger partial charge on any atom is -0.361 e. The third-order valence-electron chi connectivity index (χ3n) is 4.36. The van der Waals surface area contributed by atoms with E-state index >= 15 is 0 Å². The van der Waals surface area contributed by atoms with Gasteiger partial charge >= 0.3 is 0 Å². The molecule has 0 aliphatic heterocycles. The van der Waals surface area contributed by atoms with Gasteiger partial charge in [0, 0.05) is 32.2 Å². The highest BCUT2D eigenvalue weighted by atomic mass is 127. The summed E-state index contributed by atoms with van der Waals surface area (Å²) in [4.78, 5) is 13.0. The first kappa shape index (κ1) is 16.8. The minimum atomic E-state index is 0.0594. The number of carbonyl (C=O) groups is 1. The Balaban J connectivity index is 1.86. The number of benzene rings is 3. The largest absolute Gasteiger partial charge is 0.361 e. The number of rotatable bonds is 3. The van der Waals surface area contributed by atoms with Crippen molar-refractivity contribution in [1.29, 1.82) is 0 Å². The Bertz CT molecular complexity index is 1020. The molecule has 0 fully saturated rings. The van der Waals surface area contributed by atoms with Crippen molar-refractivity contribution >= 4 is 43.2 Å². The molecule has 0 aromatic heterocycles. The molecular formula is C23H16INO. The number of halogens is 1. The van der Waals surface area contributed by atoms with Crippen LogP contribution in [0.25, 0.3) is 9.15 Å². The zero-order chi connectivity index (χ0) is 17.9. The SMILES string of the molecule is O=C1C(=CNc2ccccc2)/C(=C(\I)c2ccccc2)c2ccccc21. The number of ketones is 1. The zero-order valence-corrected chi connectivity index (χ0v) is 16.1. The number of hydrogen-bond donors (Lipinski definition) is 1. The van der Waals surface area contributed by atoms with E-state index in [0.717, 1.165) is 31.5 Å². The van der Waals surface area contributed by atoms with Crippen molar-refractivity contribution in [2.24, 2.45) is 0 Å². The van der Waals surface area contributed by atoms with E-state index in [2.05, 4.69) is 40.0 Å². The van der Waals surface area contributed by atoms with Gasteiger partial charge in [-0.2, -0.15) is 0 Å². The van der Waals surface area contributed by atoms with Crippen LogP contribution in [-0.2, 0) is 0 Å². The second-order valence-electron chi connectivity index (χ2n) is 6.00. The lowest BCUT2D eigenvalue weighted by Gasteiger charge is -2.09. The lowest BCUT2D eigenvalue weighted by atomic mass is 10.0. The van der Waals surface area contributed by atoms with Crippen LogP contribution in [0.2, 0.25) is 0 Å². The van der Waals surface area contributed by atoms with Crippen molar-refractivity contribution in [2.45, 2.75) is 0 Å². The Morgan fingerprint density at radius 3 is 2.04 bits per heavy atom. The highest BCUT2D eigenvalue weighted by Gasteiger charge is 2.31. The quantitative estimate of drug-likeness (QED) is 0.382. The summed E-state index contributed by atoms with van der Waals surface area (Å²) in [5.74, 6) is 0.0594. The van der Waals surface area contributed by atoms with Crippen LogP contribution in [0.3, 0.4) is 0 Å². The van der Waals surface area contributed by atoms with Crippen LogP contribution in [0.4, 0.5) is 5.69 Å². The molecule has 3 heteroatoms. The summed E-state index contributed by atoms with van der Waals surface area (Å²) in [6.07, 6.45) is 1.83. The highest BCUT2D eigenvalue weighted by molar-refractivity contribution is 14.1. The molecule has 3 aromatic carbocycles. The summed E-state index contributed by atoms with van der Waals surface area (Å²) in [7, 11) is 0. The fraction of sp³-hybridized carbons (Fsp3) is 0. The minimum absolute atomic E-state index is 0.0594. The number of para-hydroxylation sites is 1. The smallest absolute Gasteiger partial charge is 0.195 e. The second-order valence-corrected chi connectivity index (χ2v) is 7.08. The lowest BCUT2D eigenvalue weighted by molar-refractivity contribution is 0.104. The molecule has 3 aromatic rings. The summed E-state index contributed by atoms with van der Waals surface area (Å²) < 4.78 is 1.07. The van der Waals surface area contributed by atoms with E-state index in [1.165, 1.54) is 0 Å². The summed E-state index contributed by atoms with van der Waals surface area (Å²) in [6.45, 7) is 0. The predicted octanol–water partition coefficient (Wildman–Crippen LogP) is 6.18. The maximum Gasteiger partial charge on any atom is 0.195 e. The molecule has 0 saturated heterocycles. The van der Waals surface area contributed by atoms with Gasteiger partial charge in [-0.05, 0) is 45.9 Å². The van der Waals surface area contributed by atoms with Crippen LogP contribution in [0.5, 0.6) is 0 Å². The van der Waals surface area contributed by atoms with E-state index in [1.54, 1.807) is 0 Å². The Morgan fingerprint density at radius 1 is 0.769 bits per heavy atom. The van der Waals surface area contributed by atoms with Crippen LogP contribution in [0, 0.1) is 0 Å². The maximum absolute atomic E-state index is 13.0. The molecule has 0 atom stereocenters. The molecule has 4 rings (SSSR count). The van der Waals surface area contributed by atoms with Crippen molar-refractivity contribution < 1.29 is 4.79 Å². The first-order valence-electron chi connectivity index (χ1n) is 8.37. The Labute approximate surface area is 166 Å². The first-order chi connectivity index (χ1) is 12.8. The average molecular weight is 449 g/mol. The fourth-order valence-electron chi connectivity index (χ4n) is 3.10. The first-order valence-corrected chi connectivity index (χ1v) is 9.45. The van der Waals surface area contributed by atoms with Crippen molar-refractivity contribution in [2.75, 3.05) is 5.32 Å². The van der Waals surface area contributed by atoms with Gasteiger partial charge in [0.15, 0.2) is 5.78 Å². The zero-order valence-electron chi connectivity index (χ0n) is 13.9. The Hall–Kier alpha value is -2.66. The molecule has 1 N–H and O–H groups in total. The van der Waals surface area contributed by atoms with Gasteiger partial charge in [-0.3, -0.25) is 4.79 Å². The monoisotopic (exact) mass is 449 g/mol. The molecule has 0 amide bonds. The molecule has 0 radical (unpaired) electrons. The van der Waals surface area contributed by atoms with Gasteiger partial charge < -0.3 is 5.32 Å². The van der Waals surface area contributed by atoms with Crippen molar-refractivity contribution in [3.8, 4) is 0 Å². The van der Waals surface area contributed by atoms with Gasteiger partial charge in [-0.15, -0.1) is 0 Å². The van der Waals surface area contributed by atoms with Crippen LogP contribution >= 0.6 is 22.6 Å². The number of allylic oxidation sites excluding steroid dienone is 2. The Morgan fingerprint density at radius 2 is 1.35 bits per heavy atom. The van der Waals surface area contributed by atoms with E-state index in [-0.39, 0.29) is 5.78 Å². The van der Waals surface area contributed by atoms with Crippen molar-refractivity contribution in [3.05, 3.63) is 113 Å². The van der Waals surface area contributed by atoms with E-state index in [4.69, 9.17) is 0 Å². The molecule has 26 heavy (non-hydrogen) atoms. The number of nitrogens with one attached hydrogen (secondary N) is 1. The van der Waals surface area contributed by atoms with Gasteiger partial charge in [0.05, 0.1) is 0 Å². The predicted molar refractivity (Wildman–Crippen MR) is 116 cm³/mol. The number of hydrogen-bond acceptors (Lipinski definition) is 2. The fourth-order valence-corrected chi connectivity index (χ4v) is 4.04. The number of anilines is 1. The standard InChI is InChI=1S/C23H16INO/c24-22(16-9-3-1-4-10-16)21-18-13-7-8-14-19(18)23(26)20(21)15-25-17-11-5-2-6-12-17/h1-15,25H/b20-15?,22-21-. The molecule has 0 saturated carbocycles. The normalized spacial score (nSPS) is 16.5. The molecular weight excluding hydrogens is 433 g/mol. The van der Waals surface area contributed by atoms with Crippen LogP contribution in [-0.4, -0.2) is 5.78 Å². The van der Waals surface area contributed by atoms with E-state index in [0.29, 0.717) is 5.57 Å². The number of fused-ring (bicyclic) bond motifs is 1. The highest BCUT2D eigenvalue weighted by Crippen LogP contribution is 2.43. The van der Waals surface area contributed by atoms with E-state index in [1.807, 2.05) is 79.0 Å². The molecule has 126 valence electrons. The number of carbonyl (C=O) groups excluding carboxylic acids is 1. The third-order valence-corrected chi connectivity index (χ3v) is 5.52. The van der Waals surface area contributed by atoms with Crippen LogP contribution in [0.15, 0.2) is 96.7 Å². The summed E-state index contributed by atoms with van der Waals surface area (Å²) in [6, 6.07) is 27.9. The topological polar surface area (TPSA) is 29.1 Å². The molecule has 0 spiro atoms. The van der Waals surface area contributed by atoms with Crippen molar-refractivity contribution in [3.63, 3.8) is 0 Å². The van der Waals surface area contributed by atoms with E-state index in [9.17, 15) is 4.79 Å². The van der Waals surface area contributed by atoms with Crippen LogP contribution in [0.1, 0.15) is 21.5 Å². The third kappa shape index (κ3) is 3.10. The number of Topliss-reactive ketones (excluding diaryl/α,β-unsaturated/α-hetero) is 1. The lowest BCUT2D eigenvalue weighted by Crippen LogP contribution is -1.99. The van der Waals surface area contributed by atoms with Gasteiger partial charge in [0.1, 0.15) is 0 Å². The molecule has 0 bridgehead atoms. The van der Waals surface area contributed by atoms with Gasteiger partial charge in [-0.1, -0.05) is 72.8 Å². The molecule has 1 aliphatic carbocycles. The Kier molecular flexibility index (Phi) is 4.71. The molecule has 1 aliphatic rings. The van der Waals surface area contributed by atoms with Gasteiger partial charge in [0.2, 0.25) is 0 Å². The molecule has 0 unspecified atom stereocenters. The van der Waals surface area contributed by atoms with E-state index < -0.39 is 0 Å². The summed E-state index contributed by atoms with van der Waals surface area (Å²) >= 11 is 2.34. The second kappa shape index (κ2) is 7.30.